The molecule has 2 unspecified atom stereocenters. The molecule has 0 aromatic heterocycles. The third-order valence-corrected chi connectivity index (χ3v) is 16.3. The Morgan fingerprint density at radius 2 is 0.628 bits per heavy atom. The summed E-state index contributed by atoms with van der Waals surface area (Å²) in [4.78, 5) is 38.1. The Morgan fingerprint density at radius 3 is 0.930 bits per heavy atom. The molecule has 0 aliphatic heterocycles. The Balaban J connectivity index is 4.00. The van der Waals surface area contributed by atoms with E-state index in [1.165, 1.54) is 173 Å². The number of ether oxygens (including phenoxy) is 2. The number of rotatable bonds is 65. The standard InChI is InChI=1S/C76H134NO8P/c1-6-8-10-12-14-16-18-20-22-24-26-28-30-32-34-35-36-37-38-39-40-41-43-44-46-48-50-52-54-56-58-60-62-64-66-68-75(78)82-72-74(73-84-86(80,81)83-71-70-77(3,4)5)85-76(79)69-67-65-63-61-59-57-55-53-51-49-47-45-42-33-31-29-27-25-23-21-19-17-15-13-11-9-7-2/h8-11,14-17,20-23,26-29,33,42,74H,6-7,12-13,18-19,24-25,30-32,34-41,43-73H2,1-5H3/b10-8-,11-9-,16-14-,17-15-,22-20-,23-21-,28-26-,29-27-,42-33-. The fourth-order valence-electron chi connectivity index (χ4n) is 9.91. The van der Waals surface area contributed by atoms with E-state index in [0.717, 1.165) is 103 Å². The minimum atomic E-state index is -4.65. The van der Waals surface area contributed by atoms with E-state index < -0.39 is 26.5 Å². The van der Waals surface area contributed by atoms with Gasteiger partial charge in [0.25, 0.3) is 7.82 Å². The van der Waals surface area contributed by atoms with Crippen LogP contribution in [0.4, 0.5) is 0 Å². The molecule has 0 rings (SSSR count). The predicted molar refractivity (Wildman–Crippen MR) is 369 cm³/mol. The summed E-state index contributed by atoms with van der Waals surface area (Å²) in [7, 11) is 1.17. The molecule has 86 heavy (non-hydrogen) atoms. The van der Waals surface area contributed by atoms with Crippen LogP contribution in [0.1, 0.15) is 309 Å². The van der Waals surface area contributed by atoms with Crippen molar-refractivity contribution in [2.24, 2.45) is 0 Å². The van der Waals surface area contributed by atoms with Crippen LogP contribution < -0.4 is 4.89 Å². The second-order valence-electron chi connectivity index (χ2n) is 24.8. The van der Waals surface area contributed by atoms with Crippen LogP contribution in [0.25, 0.3) is 0 Å². The summed E-state index contributed by atoms with van der Waals surface area (Å²) in [5.74, 6) is -0.829. The number of esters is 2. The topological polar surface area (TPSA) is 111 Å². The maximum absolute atomic E-state index is 12.9. The normalized spacial score (nSPS) is 13.8. The molecule has 0 saturated heterocycles. The molecule has 0 fully saturated rings. The first-order valence-corrected chi connectivity index (χ1v) is 37.1. The van der Waals surface area contributed by atoms with Crippen molar-refractivity contribution in [3.63, 3.8) is 0 Å². The predicted octanol–water partition coefficient (Wildman–Crippen LogP) is 22.6. The Hall–Kier alpha value is -3.33. The van der Waals surface area contributed by atoms with Gasteiger partial charge in [0.1, 0.15) is 19.8 Å². The highest BCUT2D eigenvalue weighted by atomic mass is 31.2. The summed E-state index contributed by atoms with van der Waals surface area (Å²) in [5.41, 5.74) is 0. The SMILES string of the molecule is CC/C=C\C/C=C\C/C=C\C/C=C\C/C=C\CCCCCCCCCCCCCC(=O)OC(COC(=O)CCCCCCCCCCCCCCCCCCCCCCCC/C=C\C/C=C\C/C=C\C/C=C\CC)COP(=O)([O-])OCC[N+](C)(C)C. The number of likely N-dealkylation sites (N-methyl/N-ethyl adjacent to an activating group) is 1. The monoisotopic (exact) mass is 1220 g/mol. The van der Waals surface area contributed by atoms with Crippen LogP contribution >= 0.6 is 7.82 Å². The first-order valence-electron chi connectivity index (χ1n) is 35.6. The molecule has 10 heteroatoms. The maximum atomic E-state index is 12.9. The zero-order valence-electron chi connectivity index (χ0n) is 56.5. The summed E-state index contributed by atoms with van der Waals surface area (Å²) < 4.78 is 34.3. The Labute approximate surface area is 531 Å². The average Bonchev–Trinajstić information content (AvgIpc) is 3.53. The largest absolute Gasteiger partial charge is 0.756 e. The molecule has 0 aliphatic carbocycles. The van der Waals surface area contributed by atoms with Gasteiger partial charge in [-0.05, 0) is 96.3 Å². The number of phosphoric acid groups is 1. The Morgan fingerprint density at radius 1 is 0.360 bits per heavy atom. The average molecular weight is 1220 g/mol. The van der Waals surface area contributed by atoms with Crippen molar-refractivity contribution in [3.8, 4) is 0 Å². The molecule has 9 nitrogen and oxygen atoms in total. The molecule has 0 aliphatic rings. The van der Waals surface area contributed by atoms with Crippen LogP contribution in [0.15, 0.2) is 109 Å². The number of unbranched alkanes of at least 4 members (excludes halogenated alkanes) is 33. The lowest BCUT2D eigenvalue weighted by atomic mass is 10.0. The van der Waals surface area contributed by atoms with E-state index in [9.17, 15) is 19.0 Å². The number of carbonyl (C=O) groups is 2. The molecule has 0 amide bonds. The lowest BCUT2D eigenvalue weighted by molar-refractivity contribution is -0.870. The molecule has 0 saturated carbocycles. The van der Waals surface area contributed by atoms with Gasteiger partial charge in [0.05, 0.1) is 27.7 Å². The van der Waals surface area contributed by atoms with Crippen LogP contribution in [0.5, 0.6) is 0 Å². The molecule has 0 N–H and O–H groups in total. The summed E-state index contributed by atoms with van der Waals surface area (Å²) in [6.45, 7) is 4.04. The third-order valence-electron chi connectivity index (χ3n) is 15.3. The van der Waals surface area contributed by atoms with E-state index in [4.69, 9.17) is 18.5 Å². The van der Waals surface area contributed by atoms with Gasteiger partial charge in [-0.15, -0.1) is 0 Å². The van der Waals surface area contributed by atoms with Crippen molar-refractivity contribution < 1.29 is 42.1 Å². The summed E-state index contributed by atoms with van der Waals surface area (Å²) in [6, 6.07) is 0. The lowest BCUT2D eigenvalue weighted by Crippen LogP contribution is -2.37. The first kappa shape index (κ1) is 82.7. The molecule has 0 heterocycles. The highest BCUT2D eigenvalue weighted by Crippen LogP contribution is 2.38. The van der Waals surface area contributed by atoms with Crippen molar-refractivity contribution in [2.45, 2.75) is 315 Å². The first-order chi connectivity index (χ1) is 42.0. The number of quaternary nitrogens is 1. The van der Waals surface area contributed by atoms with Gasteiger partial charge in [-0.1, -0.05) is 309 Å². The highest BCUT2D eigenvalue weighted by molar-refractivity contribution is 7.45. The van der Waals surface area contributed by atoms with Crippen molar-refractivity contribution in [2.75, 3.05) is 47.5 Å². The van der Waals surface area contributed by atoms with Crippen molar-refractivity contribution in [1.29, 1.82) is 0 Å². The number of phosphoric ester groups is 1. The van der Waals surface area contributed by atoms with Crippen LogP contribution in [0, 0.1) is 0 Å². The van der Waals surface area contributed by atoms with Gasteiger partial charge in [-0.2, -0.15) is 0 Å². The molecular formula is C76H134NO8P. The van der Waals surface area contributed by atoms with Crippen molar-refractivity contribution >= 4 is 19.8 Å². The number of carbonyl (C=O) groups excluding carboxylic acids is 2. The fourth-order valence-corrected chi connectivity index (χ4v) is 10.6. The number of hydrogen-bond donors (Lipinski definition) is 0. The van der Waals surface area contributed by atoms with Crippen LogP contribution in [0.2, 0.25) is 0 Å². The van der Waals surface area contributed by atoms with E-state index in [-0.39, 0.29) is 32.0 Å². The van der Waals surface area contributed by atoms with Gasteiger partial charge in [0, 0.05) is 12.8 Å². The minimum absolute atomic E-state index is 0.0340. The molecule has 0 radical (unpaired) electrons. The second kappa shape index (κ2) is 66.1. The zero-order chi connectivity index (χ0) is 62.6. The van der Waals surface area contributed by atoms with Gasteiger partial charge < -0.3 is 27.9 Å². The zero-order valence-corrected chi connectivity index (χ0v) is 57.4. The molecular weight excluding hydrogens is 1090 g/mol. The Kier molecular flexibility index (Phi) is 63.5. The van der Waals surface area contributed by atoms with Crippen LogP contribution in [-0.2, 0) is 32.7 Å². The summed E-state index contributed by atoms with van der Waals surface area (Å²) in [5, 5.41) is 0. The Bertz CT molecular complexity index is 1820. The summed E-state index contributed by atoms with van der Waals surface area (Å²) >= 11 is 0. The number of allylic oxidation sites excluding steroid dienone is 18. The number of hydrogen-bond acceptors (Lipinski definition) is 8. The van der Waals surface area contributed by atoms with Crippen LogP contribution in [-0.4, -0.2) is 70.0 Å². The maximum Gasteiger partial charge on any atom is 0.306 e. The molecule has 2 atom stereocenters. The minimum Gasteiger partial charge on any atom is -0.756 e. The fraction of sp³-hybridized carbons (Fsp3) is 0.737. The second-order valence-corrected chi connectivity index (χ2v) is 26.2. The molecule has 0 spiro atoms. The van der Waals surface area contributed by atoms with E-state index in [2.05, 4.69) is 123 Å². The van der Waals surface area contributed by atoms with Gasteiger partial charge >= 0.3 is 11.9 Å². The van der Waals surface area contributed by atoms with Gasteiger partial charge in [0.2, 0.25) is 0 Å². The molecule has 0 bridgehead atoms. The van der Waals surface area contributed by atoms with Gasteiger partial charge in [-0.3, -0.25) is 14.2 Å². The quantitative estimate of drug-likeness (QED) is 0.0195. The van der Waals surface area contributed by atoms with Gasteiger partial charge in [-0.25, -0.2) is 0 Å². The van der Waals surface area contributed by atoms with Crippen molar-refractivity contribution in [1.82, 2.24) is 0 Å². The smallest absolute Gasteiger partial charge is 0.306 e. The lowest BCUT2D eigenvalue weighted by Gasteiger charge is -2.28. The van der Waals surface area contributed by atoms with E-state index in [1.807, 2.05) is 21.1 Å². The molecule has 0 aromatic carbocycles. The summed E-state index contributed by atoms with van der Waals surface area (Å²) in [6.07, 6.45) is 93.2. The van der Waals surface area contributed by atoms with Crippen LogP contribution in [0.3, 0.4) is 0 Å². The van der Waals surface area contributed by atoms with Crippen molar-refractivity contribution in [3.05, 3.63) is 109 Å². The highest BCUT2D eigenvalue weighted by Gasteiger charge is 2.22. The molecule has 0 aromatic rings. The van der Waals surface area contributed by atoms with E-state index >= 15 is 0 Å². The van der Waals surface area contributed by atoms with Gasteiger partial charge in [0.15, 0.2) is 6.10 Å². The van der Waals surface area contributed by atoms with E-state index in [0.29, 0.717) is 17.4 Å². The molecule has 496 valence electrons. The van der Waals surface area contributed by atoms with E-state index in [1.54, 1.807) is 0 Å². The third kappa shape index (κ3) is 69.8. The number of nitrogens with zero attached hydrogens (tertiary/aromatic N) is 1.